The lowest BCUT2D eigenvalue weighted by Gasteiger charge is -2.52. The average Bonchev–Trinajstić information content (AvgIpc) is 2.59. The highest BCUT2D eigenvalue weighted by molar-refractivity contribution is 5.75. The number of likely N-dealkylation sites (N-methyl/N-ethyl adjacent to an activating group) is 1. The SMILES string of the molecule is CCCCOC1CC(NC(=O)N2CCOC(CN(C)CC(=O)O)C2)C1(C)C. The van der Waals surface area contributed by atoms with Crippen molar-refractivity contribution < 1.29 is 24.2 Å². The van der Waals surface area contributed by atoms with Crippen molar-refractivity contribution in [3.63, 3.8) is 0 Å². The van der Waals surface area contributed by atoms with E-state index in [0.717, 1.165) is 25.9 Å². The third-order valence-corrected chi connectivity index (χ3v) is 5.64. The van der Waals surface area contributed by atoms with Gasteiger partial charge in [-0.25, -0.2) is 4.79 Å². The summed E-state index contributed by atoms with van der Waals surface area (Å²) < 4.78 is 11.6. The summed E-state index contributed by atoms with van der Waals surface area (Å²) in [4.78, 5) is 26.9. The Morgan fingerprint density at radius 3 is 2.78 bits per heavy atom. The number of carbonyl (C=O) groups is 2. The van der Waals surface area contributed by atoms with Gasteiger partial charge in [-0.3, -0.25) is 9.69 Å². The average molecular weight is 386 g/mol. The van der Waals surface area contributed by atoms with E-state index in [1.165, 1.54) is 0 Å². The van der Waals surface area contributed by atoms with E-state index in [-0.39, 0.29) is 36.2 Å². The molecule has 2 amide bonds. The number of carbonyl (C=O) groups excluding carboxylic acids is 1. The number of rotatable bonds is 9. The molecule has 2 N–H and O–H groups in total. The molecule has 3 unspecified atom stereocenters. The molecule has 8 nitrogen and oxygen atoms in total. The van der Waals surface area contributed by atoms with Gasteiger partial charge in [0, 0.05) is 37.7 Å². The predicted molar refractivity (Wildman–Crippen MR) is 102 cm³/mol. The standard InChI is InChI=1S/C19H35N3O5/c1-5-6-8-27-16-10-15(19(16,2)3)20-18(25)22-7-9-26-14(12-22)11-21(4)13-17(23)24/h14-16H,5-13H2,1-4H3,(H,20,25)(H,23,24). The van der Waals surface area contributed by atoms with Crippen molar-refractivity contribution in [1.82, 2.24) is 15.1 Å². The Labute approximate surface area is 162 Å². The van der Waals surface area contributed by atoms with E-state index in [9.17, 15) is 9.59 Å². The third kappa shape index (κ3) is 6.05. The van der Waals surface area contributed by atoms with E-state index in [0.29, 0.717) is 26.2 Å². The Balaban J connectivity index is 1.78. The number of urea groups is 1. The predicted octanol–water partition coefficient (Wildman–Crippen LogP) is 1.40. The highest BCUT2D eigenvalue weighted by Crippen LogP contribution is 2.42. The molecule has 0 aromatic rings. The fourth-order valence-corrected chi connectivity index (χ4v) is 3.68. The first-order valence-corrected chi connectivity index (χ1v) is 9.93. The molecule has 8 heteroatoms. The van der Waals surface area contributed by atoms with Crippen LogP contribution < -0.4 is 5.32 Å². The Morgan fingerprint density at radius 1 is 1.41 bits per heavy atom. The second-order valence-corrected chi connectivity index (χ2v) is 8.30. The Kier molecular flexibility index (Phi) is 7.88. The van der Waals surface area contributed by atoms with Crippen LogP contribution in [0.3, 0.4) is 0 Å². The van der Waals surface area contributed by atoms with Crippen LogP contribution >= 0.6 is 0 Å². The number of amides is 2. The zero-order chi connectivity index (χ0) is 20.0. The van der Waals surface area contributed by atoms with E-state index in [1.54, 1.807) is 16.8 Å². The molecule has 2 fully saturated rings. The molecular weight excluding hydrogens is 350 g/mol. The van der Waals surface area contributed by atoms with Crippen molar-refractivity contribution in [1.29, 1.82) is 0 Å². The number of hydrogen-bond donors (Lipinski definition) is 2. The zero-order valence-electron chi connectivity index (χ0n) is 17.1. The summed E-state index contributed by atoms with van der Waals surface area (Å²) in [6.07, 6.45) is 3.05. The fraction of sp³-hybridized carbons (Fsp3) is 0.895. The van der Waals surface area contributed by atoms with E-state index < -0.39 is 5.97 Å². The molecule has 1 heterocycles. The number of ether oxygens (including phenoxy) is 2. The summed E-state index contributed by atoms with van der Waals surface area (Å²) in [6.45, 7) is 9.14. The van der Waals surface area contributed by atoms with Crippen LogP contribution in [0.1, 0.15) is 40.0 Å². The second-order valence-electron chi connectivity index (χ2n) is 8.30. The fourth-order valence-electron chi connectivity index (χ4n) is 3.68. The van der Waals surface area contributed by atoms with Crippen molar-refractivity contribution in [2.45, 2.75) is 58.3 Å². The largest absolute Gasteiger partial charge is 0.480 e. The molecule has 1 saturated heterocycles. The molecule has 0 bridgehead atoms. The number of nitrogens with zero attached hydrogens (tertiary/aromatic N) is 2. The summed E-state index contributed by atoms with van der Waals surface area (Å²) in [5.74, 6) is -0.870. The van der Waals surface area contributed by atoms with E-state index in [2.05, 4.69) is 26.1 Å². The van der Waals surface area contributed by atoms with Crippen LogP contribution in [0.25, 0.3) is 0 Å². The molecule has 0 aromatic carbocycles. The molecule has 1 saturated carbocycles. The third-order valence-electron chi connectivity index (χ3n) is 5.64. The molecule has 156 valence electrons. The smallest absolute Gasteiger partial charge is 0.317 e. The zero-order valence-corrected chi connectivity index (χ0v) is 17.1. The normalized spacial score (nSPS) is 27.3. The van der Waals surface area contributed by atoms with Gasteiger partial charge in [0.15, 0.2) is 0 Å². The summed E-state index contributed by atoms with van der Waals surface area (Å²) in [7, 11) is 1.74. The maximum Gasteiger partial charge on any atom is 0.317 e. The molecule has 1 aliphatic heterocycles. The van der Waals surface area contributed by atoms with Crippen molar-refractivity contribution in [3.05, 3.63) is 0 Å². The minimum Gasteiger partial charge on any atom is -0.480 e. The van der Waals surface area contributed by atoms with Crippen LogP contribution in [0, 0.1) is 5.41 Å². The van der Waals surface area contributed by atoms with Gasteiger partial charge in [-0.15, -0.1) is 0 Å². The van der Waals surface area contributed by atoms with E-state index >= 15 is 0 Å². The van der Waals surface area contributed by atoms with Crippen LogP contribution in [-0.4, -0.2) is 91.6 Å². The van der Waals surface area contributed by atoms with Gasteiger partial charge in [0.25, 0.3) is 0 Å². The van der Waals surface area contributed by atoms with Crippen molar-refractivity contribution in [2.24, 2.45) is 5.41 Å². The minimum atomic E-state index is -0.870. The van der Waals surface area contributed by atoms with E-state index in [4.69, 9.17) is 14.6 Å². The molecule has 2 aliphatic rings. The molecular formula is C19H35N3O5. The summed E-state index contributed by atoms with van der Waals surface area (Å²) in [5.41, 5.74) is -0.0726. The lowest BCUT2D eigenvalue weighted by molar-refractivity contribution is -0.138. The summed E-state index contributed by atoms with van der Waals surface area (Å²) in [5, 5.41) is 12.0. The van der Waals surface area contributed by atoms with Crippen LogP contribution in [-0.2, 0) is 14.3 Å². The molecule has 27 heavy (non-hydrogen) atoms. The second kappa shape index (κ2) is 9.71. The first-order chi connectivity index (χ1) is 12.7. The van der Waals surface area contributed by atoms with Crippen LogP contribution in [0.5, 0.6) is 0 Å². The number of hydrogen-bond acceptors (Lipinski definition) is 5. The highest BCUT2D eigenvalue weighted by Gasteiger charge is 2.50. The Bertz CT molecular complexity index is 514. The molecule has 3 atom stereocenters. The first kappa shape index (κ1) is 21.9. The van der Waals surface area contributed by atoms with Gasteiger partial charge in [0.2, 0.25) is 0 Å². The van der Waals surface area contributed by atoms with Crippen LogP contribution in [0.4, 0.5) is 4.79 Å². The van der Waals surface area contributed by atoms with Gasteiger partial charge in [-0.2, -0.15) is 0 Å². The minimum absolute atomic E-state index is 0.0399. The number of unbranched alkanes of at least 4 members (excludes halogenated alkanes) is 1. The maximum absolute atomic E-state index is 12.7. The van der Waals surface area contributed by atoms with Gasteiger partial charge in [-0.05, 0) is 19.9 Å². The number of carboxylic acid groups (broad SMARTS) is 1. The molecule has 0 aromatic heterocycles. The number of aliphatic carboxylic acids is 1. The number of carboxylic acids is 1. The van der Waals surface area contributed by atoms with Crippen molar-refractivity contribution in [3.8, 4) is 0 Å². The molecule has 2 rings (SSSR count). The lowest BCUT2D eigenvalue weighted by atomic mass is 9.64. The van der Waals surface area contributed by atoms with Crippen molar-refractivity contribution >= 4 is 12.0 Å². The molecule has 0 radical (unpaired) electrons. The number of morpholine rings is 1. The highest BCUT2D eigenvalue weighted by atomic mass is 16.5. The number of nitrogens with one attached hydrogen (secondary N) is 1. The maximum atomic E-state index is 12.7. The van der Waals surface area contributed by atoms with E-state index in [1.807, 2.05) is 0 Å². The lowest BCUT2D eigenvalue weighted by Crippen LogP contribution is -2.64. The molecule has 0 spiro atoms. The van der Waals surface area contributed by atoms with Crippen LogP contribution in [0.15, 0.2) is 0 Å². The van der Waals surface area contributed by atoms with Gasteiger partial charge in [0.1, 0.15) is 0 Å². The van der Waals surface area contributed by atoms with Crippen LogP contribution in [0.2, 0.25) is 0 Å². The van der Waals surface area contributed by atoms with Gasteiger partial charge < -0.3 is 24.8 Å². The topological polar surface area (TPSA) is 91.3 Å². The summed E-state index contributed by atoms with van der Waals surface area (Å²) >= 11 is 0. The Hall–Kier alpha value is -1.38. The first-order valence-electron chi connectivity index (χ1n) is 9.93. The van der Waals surface area contributed by atoms with Gasteiger partial charge >= 0.3 is 12.0 Å². The quantitative estimate of drug-likeness (QED) is 0.583. The van der Waals surface area contributed by atoms with Gasteiger partial charge in [-0.1, -0.05) is 27.2 Å². The monoisotopic (exact) mass is 385 g/mol. The van der Waals surface area contributed by atoms with Crippen molar-refractivity contribution in [2.75, 3.05) is 46.4 Å². The Morgan fingerprint density at radius 2 is 2.15 bits per heavy atom. The summed E-state index contributed by atoms with van der Waals surface area (Å²) in [6, 6.07) is 0.0295. The van der Waals surface area contributed by atoms with Gasteiger partial charge in [0.05, 0.1) is 25.4 Å². The molecule has 1 aliphatic carbocycles.